The first kappa shape index (κ1) is 17.3. The van der Waals surface area contributed by atoms with Crippen molar-refractivity contribution in [2.45, 2.75) is 19.1 Å². The molecule has 0 aliphatic carbocycles. The average Bonchev–Trinajstić information content (AvgIpc) is 3.01. The fourth-order valence-corrected chi connectivity index (χ4v) is 4.74. The Hall–Kier alpha value is -2.17. The number of rotatable bonds is 3. The zero-order valence-electron chi connectivity index (χ0n) is 14.0. The van der Waals surface area contributed by atoms with Crippen LogP contribution in [0, 0.1) is 0 Å². The summed E-state index contributed by atoms with van der Waals surface area (Å²) in [5.41, 5.74) is 0.830. The monoisotopic (exact) mass is 395 g/mol. The summed E-state index contributed by atoms with van der Waals surface area (Å²) in [7, 11) is -3.24. The molecule has 0 unspecified atom stereocenters. The molecule has 1 aromatic carbocycles. The molecule has 1 aromatic heterocycles. The van der Waals surface area contributed by atoms with Gasteiger partial charge in [0.25, 0.3) is 5.91 Å². The minimum atomic E-state index is -3.24. The Labute approximate surface area is 154 Å². The second-order valence-corrected chi connectivity index (χ2v) is 9.15. The van der Waals surface area contributed by atoms with Crippen LogP contribution in [-0.4, -0.2) is 49.1 Å². The maximum Gasteiger partial charge on any atom is 0.270 e. The molecule has 2 aliphatic rings. The summed E-state index contributed by atoms with van der Waals surface area (Å²) in [4.78, 5) is 17.7. The molecule has 4 rings (SSSR count). The van der Waals surface area contributed by atoms with Gasteiger partial charge in [-0.25, -0.2) is 13.4 Å². The Morgan fingerprint density at radius 1 is 1.35 bits per heavy atom. The van der Waals surface area contributed by atoms with E-state index in [0.717, 1.165) is 10.6 Å². The smallest absolute Gasteiger partial charge is 0.270 e. The fourth-order valence-electron chi connectivity index (χ4n) is 2.84. The molecule has 1 atom stereocenters. The van der Waals surface area contributed by atoms with E-state index < -0.39 is 16.1 Å². The molecule has 26 heavy (non-hydrogen) atoms. The number of fused-ring (bicyclic) bond motifs is 2. The summed E-state index contributed by atoms with van der Waals surface area (Å²) in [6.07, 6.45) is 0.962. The van der Waals surface area contributed by atoms with E-state index in [1.165, 1.54) is 21.9 Å². The molecule has 0 radical (unpaired) electrons. The van der Waals surface area contributed by atoms with Crippen LogP contribution in [0.15, 0.2) is 24.3 Å². The fraction of sp³-hybridized carbons (Fsp3) is 0.375. The Bertz CT molecular complexity index is 957. The molecular weight excluding hydrogens is 378 g/mol. The molecule has 3 heterocycles. The molecule has 0 spiro atoms. The number of thiazole rings is 1. The van der Waals surface area contributed by atoms with Crippen molar-refractivity contribution in [1.29, 1.82) is 0 Å². The number of anilines is 1. The van der Waals surface area contributed by atoms with E-state index in [2.05, 4.69) is 10.3 Å². The van der Waals surface area contributed by atoms with Gasteiger partial charge in [-0.15, -0.1) is 11.3 Å². The number of nitrogens with one attached hydrogen (secondary N) is 1. The zero-order valence-corrected chi connectivity index (χ0v) is 15.6. The topological polar surface area (TPSA) is 97.8 Å². The highest BCUT2D eigenvalue weighted by molar-refractivity contribution is 7.88. The van der Waals surface area contributed by atoms with E-state index in [4.69, 9.17) is 9.47 Å². The van der Waals surface area contributed by atoms with Crippen molar-refractivity contribution in [2.24, 2.45) is 0 Å². The normalized spacial score (nSPS) is 19.7. The predicted molar refractivity (Wildman–Crippen MR) is 96.1 cm³/mol. The third kappa shape index (κ3) is 3.39. The van der Waals surface area contributed by atoms with Crippen molar-refractivity contribution in [1.82, 2.24) is 9.29 Å². The lowest BCUT2D eigenvalue weighted by Gasteiger charge is -2.25. The third-order valence-electron chi connectivity index (χ3n) is 4.20. The van der Waals surface area contributed by atoms with Crippen molar-refractivity contribution in [3.8, 4) is 11.5 Å². The van der Waals surface area contributed by atoms with Crippen LogP contribution in [0.25, 0.3) is 0 Å². The maximum atomic E-state index is 12.5. The summed E-state index contributed by atoms with van der Waals surface area (Å²) in [6.45, 7) is 0.813. The number of sulfonamides is 1. The van der Waals surface area contributed by atoms with Gasteiger partial charge in [0, 0.05) is 24.4 Å². The highest BCUT2D eigenvalue weighted by Crippen LogP contribution is 2.32. The van der Waals surface area contributed by atoms with Gasteiger partial charge in [-0.2, -0.15) is 4.31 Å². The quantitative estimate of drug-likeness (QED) is 0.840. The van der Waals surface area contributed by atoms with Crippen molar-refractivity contribution >= 4 is 32.4 Å². The summed E-state index contributed by atoms with van der Waals surface area (Å²) in [5, 5.41) is 3.19. The van der Waals surface area contributed by atoms with E-state index >= 15 is 0 Å². The van der Waals surface area contributed by atoms with Gasteiger partial charge in [0.05, 0.1) is 11.9 Å². The first-order valence-electron chi connectivity index (χ1n) is 8.03. The standard InChI is InChI=1S/C16H17N3O5S2/c1-26(21,22)19-7-6-10-14(8-19)25-16(17-10)18-15(20)13-9-23-11-4-2-3-5-12(11)24-13/h2-5,13H,6-9H2,1H3,(H,17,18,20)/t13-/m1/s1. The molecule has 2 aliphatic heterocycles. The zero-order chi connectivity index (χ0) is 18.3. The van der Waals surface area contributed by atoms with E-state index in [-0.39, 0.29) is 19.1 Å². The number of benzene rings is 1. The van der Waals surface area contributed by atoms with Gasteiger partial charge >= 0.3 is 0 Å². The van der Waals surface area contributed by atoms with E-state index in [9.17, 15) is 13.2 Å². The minimum Gasteiger partial charge on any atom is -0.485 e. The Morgan fingerprint density at radius 2 is 2.12 bits per heavy atom. The summed E-state index contributed by atoms with van der Waals surface area (Å²) >= 11 is 1.29. The number of carbonyl (C=O) groups is 1. The van der Waals surface area contributed by atoms with Gasteiger partial charge in [-0.05, 0) is 12.1 Å². The van der Waals surface area contributed by atoms with Crippen LogP contribution in [0.3, 0.4) is 0 Å². The first-order chi connectivity index (χ1) is 12.4. The minimum absolute atomic E-state index is 0.121. The van der Waals surface area contributed by atoms with E-state index in [1.807, 2.05) is 12.1 Å². The van der Waals surface area contributed by atoms with Gasteiger partial charge in [-0.3, -0.25) is 10.1 Å². The van der Waals surface area contributed by atoms with Crippen LogP contribution in [0.1, 0.15) is 10.6 Å². The third-order valence-corrected chi connectivity index (χ3v) is 6.44. The highest BCUT2D eigenvalue weighted by Gasteiger charge is 2.30. The van der Waals surface area contributed by atoms with Crippen LogP contribution in [0.2, 0.25) is 0 Å². The van der Waals surface area contributed by atoms with Crippen LogP contribution in [0.5, 0.6) is 11.5 Å². The number of hydrogen-bond acceptors (Lipinski definition) is 7. The van der Waals surface area contributed by atoms with Crippen molar-refractivity contribution < 1.29 is 22.7 Å². The Morgan fingerprint density at radius 3 is 2.88 bits per heavy atom. The molecule has 0 bridgehead atoms. The lowest BCUT2D eigenvalue weighted by atomic mass is 10.2. The molecule has 1 amide bonds. The molecule has 2 aromatic rings. The largest absolute Gasteiger partial charge is 0.485 e. The number of ether oxygens (including phenoxy) is 2. The second-order valence-electron chi connectivity index (χ2n) is 6.09. The average molecular weight is 395 g/mol. The number of amides is 1. The molecule has 10 heteroatoms. The molecule has 8 nitrogen and oxygen atoms in total. The van der Waals surface area contributed by atoms with Crippen LogP contribution >= 0.6 is 11.3 Å². The SMILES string of the molecule is CS(=O)(=O)N1CCc2nc(NC(=O)[C@H]3COc4ccccc4O3)sc2C1. The van der Waals surface area contributed by atoms with Crippen molar-refractivity contribution in [3.05, 3.63) is 34.8 Å². The van der Waals surface area contributed by atoms with Crippen LogP contribution in [0.4, 0.5) is 5.13 Å². The molecule has 0 saturated carbocycles. The van der Waals surface area contributed by atoms with Gasteiger partial charge in [0.2, 0.25) is 16.1 Å². The second kappa shape index (κ2) is 6.53. The number of aromatic nitrogens is 1. The summed E-state index contributed by atoms with van der Waals surface area (Å²) in [5.74, 6) is 0.800. The molecule has 138 valence electrons. The number of para-hydroxylation sites is 2. The Kier molecular flexibility index (Phi) is 4.33. The first-order valence-corrected chi connectivity index (χ1v) is 10.7. The Balaban J connectivity index is 1.44. The van der Waals surface area contributed by atoms with Crippen LogP contribution < -0.4 is 14.8 Å². The van der Waals surface area contributed by atoms with E-state index in [1.54, 1.807) is 12.1 Å². The van der Waals surface area contributed by atoms with Gasteiger partial charge in [0.15, 0.2) is 16.6 Å². The number of nitrogens with zero attached hydrogens (tertiary/aromatic N) is 2. The summed E-state index contributed by atoms with van der Waals surface area (Å²) < 4.78 is 36.0. The molecule has 1 N–H and O–H groups in total. The van der Waals surface area contributed by atoms with E-state index in [0.29, 0.717) is 29.6 Å². The number of carbonyl (C=O) groups excluding carboxylic acids is 1. The van der Waals surface area contributed by atoms with Gasteiger partial charge in [-0.1, -0.05) is 12.1 Å². The molecular formula is C16H17N3O5S2. The highest BCUT2D eigenvalue weighted by atomic mass is 32.2. The summed E-state index contributed by atoms with van der Waals surface area (Å²) in [6, 6.07) is 7.18. The van der Waals surface area contributed by atoms with Gasteiger partial charge < -0.3 is 9.47 Å². The maximum absolute atomic E-state index is 12.5. The number of hydrogen-bond donors (Lipinski definition) is 1. The molecule has 0 fully saturated rings. The lowest BCUT2D eigenvalue weighted by molar-refractivity contribution is -0.125. The predicted octanol–water partition coefficient (Wildman–Crippen LogP) is 1.24. The lowest BCUT2D eigenvalue weighted by Crippen LogP contribution is -2.40. The molecule has 0 saturated heterocycles. The van der Waals surface area contributed by atoms with Crippen LogP contribution in [-0.2, 0) is 27.8 Å². The van der Waals surface area contributed by atoms with Crippen molar-refractivity contribution in [3.63, 3.8) is 0 Å². The van der Waals surface area contributed by atoms with Gasteiger partial charge in [0.1, 0.15) is 6.61 Å². The van der Waals surface area contributed by atoms with Crippen molar-refractivity contribution in [2.75, 3.05) is 24.7 Å².